The van der Waals surface area contributed by atoms with Crippen LogP contribution in [-0.4, -0.2) is 28.3 Å². The number of rotatable bonds is 7. The van der Waals surface area contributed by atoms with Gasteiger partial charge in [0, 0.05) is 19.8 Å². The van der Waals surface area contributed by atoms with Crippen LogP contribution in [0.1, 0.15) is 24.2 Å². The van der Waals surface area contributed by atoms with Crippen molar-refractivity contribution in [2.45, 2.75) is 25.4 Å². The van der Waals surface area contributed by atoms with Crippen molar-refractivity contribution < 1.29 is 18.3 Å². The van der Waals surface area contributed by atoms with Gasteiger partial charge in [-0.2, -0.15) is 13.9 Å². The quantitative estimate of drug-likeness (QED) is 0.795. The van der Waals surface area contributed by atoms with Crippen molar-refractivity contribution in [2.75, 3.05) is 6.61 Å². The number of aryl methyl sites for hydroxylation is 1. The zero-order valence-corrected chi connectivity index (χ0v) is 13.0. The van der Waals surface area contributed by atoms with Crippen LogP contribution in [-0.2, 0) is 23.1 Å². The molecule has 1 aromatic carbocycles. The van der Waals surface area contributed by atoms with Crippen LogP contribution in [0.4, 0.5) is 8.78 Å². The summed E-state index contributed by atoms with van der Waals surface area (Å²) in [6, 6.07) is 8.35. The van der Waals surface area contributed by atoms with E-state index in [4.69, 9.17) is 0 Å². The van der Waals surface area contributed by atoms with Gasteiger partial charge in [0.1, 0.15) is 6.04 Å². The summed E-state index contributed by atoms with van der Waals surface area (Å²) in [4.78, 5) is 11.7. The Hall–Kier alpha value is -2.28. The Balaban J connectivity index is 2.25. The van der Waals surface area contributed by atoms with Crippen molar-refractivity contribution >= 4 is 5.97 Å². The molecule has 124 valence electrons. The molecule has 1 N–H and O–H groups in total. The summed E-state index contributed by atoms with van der Waals surface area (Å²) in [5, 5.41) is 6.74. The first-order valence-corrected chi connectivity index (χ1v) is 7.27. The van der Waals surface area contributed by atoms with Crippen molar-refractivity contribution in [3.63, 3.8) is 0 Å². The Morgan fingerprint density at radius 3 is 2.61 bits per heavy atom. The molecule has 0 unspecified atom stereocenters. The minimum absolute atomic E-state index is 0.0995. The van der Waals surface area contributed by atoms with Gasteiger partial charge in [0.2, 0.25) is 0 Å². The smallest absolute Gasteiger partial charge is 0.379 e. The van der Waals surface area contributed by atoms with E-state index in [9.17, 15) is 13.6 Å². The zero-order chi connectivity index (χ0) is 16.9. The standard InChI is InChI=1S/C16H19F2N3O2/c1-3-23-15(22)16(17,18)14(12-7-5-4-6-8-12)19-11-13-9-10-20-21(13)2/h4-10,14,19H,3,11H2,1-2H3/t14-/m0/s1. The number of carbonyl (C=O) groups is 1. The minimum Gasteiger partial charge on any atom is -0.462 e. The van der Waals surface area contributed by atoms with E-state index in [0.717, 1.165) is 5.69 Å². The summed E-state index contributed by atoms with van der Waals surface area (Å²) < 4.78 is 35.2. The van der Waals surface area contributed by atoms with Crippen LogP contribution in [0.25, 0.3) is 0 Å². The van der Waals surface area contributed by atoms with E-state index in [0.29, 0.717) is 5.56 Å². The second-order valence-electron chi connectivity index (χ2n) is 5.01. The second kappa shape index (κ2) is 7.32. The van der Waals surface area contributed by atoms with Gasteiger partial charge in [-0.1, -0.05) is 30.3 Å². The molecule has 0 fully saturated rings. The number of carbonyl (C=O) groups excluding carboxylic acids is 1. The molecule has 0 aliphatic carbocycles. The lowest BCUT2D eigenvalue weighted by molar-refractivity contribution is -0.176. The highest BCUT2D eigenvalue weighted by Gasteiger charge is 2.49. The molecule has 2 aromatic rings. The number of nitrogens with zero attached hydrogens (tertiary/aromatic N) is 2. The first-order chi connectivity index (χ1) is 11.0. The number of hydrogen-bond donors (Lipinski definition) is 1. The second-order valence-corrected chi connectivity index (χ2v) is 5.01. The molecule has 1 atom stereocenters. The Kier molecular flexibility index (Phi) is 5.44. The Labute approximate surface area is 133 Å². The molecule has 0 amide bonds. The molecular formula is C16H19F2N3O2. The third-order valence-electron chi connectivity index (χ3n) is 3.45. The number of aromatic nitrogens is 2. The van der Waals surface area contributed by atoms with Crippen molar-refractivity contribution in [2.24, 2.45) is 7.05 Å². The molecule has 0 bridgehead atoms. The fraction of sp³-hybridized carbons (Fsp3) is 0.375. The van der Waals surface area contributed by atoms with Crippen molar-refractivity contribution in [3.8, 4) is 0 Å². The van der Waals surface area contributed by atoms with E-state index < -0.39 is 17.9 Å². The van der Waals surface area contributed by atoms with Crippen molar-refractivity contribution in [3.05, 3.63) is 53.9 Å². The molecule has 0 saturated heterocycles. The summed E-state index contributed by atoms with van der Waals surface area (Å²) >= 11 is 0. The summed E-state index contributed by atoms with van der Waals surface area (Å²) in [5.41, 5.74) is 1.04. The Morgan fingerprint density at radius 2 is 2.04 bits per heavy atom. The molecule has 0 aliphatic rings. The average molecular weight is 323 g/mol. The molecule has 7 heteroatoms. The maximum atomic E-state index is 14.5. The van der Waals surface area contributed by atoms with Crippen molar-refractivity contribution in [1.29, 1.82) is 0 Å². The van der Waals surface area contributed by atoms with Gasteiger partial charge in [-0.25, -0.2) is 4.79 Å². The first-order valence-electron chi connectivity index (χ1n) is 7.27. The van der Waals surface area contributed by atoms with Crippen LogP contribution < -0.4 is 5.32 Å². The third kappa shape index (κ3) is 3.92. The molecule has 0 spiro atoms. The predicted molar refractivity (Wildman–Crippen MR) is 80.8 cm³/mol. The van der Waals surface area contributed by atoms with Gasteiger partial charge in [-0.3, -0.25) is 10.00 Å². The van der Waals surface area contributed by atoms with Gasteiger partial charge >= 0.3 is 11.9 Å². The Morgan fingerprint density at radius 1 is 1.35 bits per heavy atom. The average Bonchev–Trinajstić information content (AvgIpc) is 2.94. The van der Waals surface area contributed by atoms with E-state index in [-0.39, 0.29) is 13.2 Å². The molecule has 0 aliphatic heterocycles. The SMILES string of the molecule is CCOC(=O)C(F)(F)[C@@H](NCc1ccnn1C)c1ccccc1. The molecule has 0 radical (unpaired) electrons. The van der Waals surface area contributed by atoms with Gasteiger partial charge in [-0.15, -0.1) is 0 Å². The lowest BCUT2D eigenvalue weighted by Crippen LogP contribution is -2.44. The topological polar surface area (TPSA) is 56.1 Å². The zero-order valence-electron chi connectivity index (χ0n) is 13.0. The first kappa shape index (κ1) is 17.1. The van der Waals surface area contributed by atoms with Gasteiger partial charge < -0.3 is 4.74 Å². The number of nitrogens with one attached hydrogen (secondary N) is 1. The highest BCUT2D eigenvalue weighted by Crippen LogP contribution is 2.33. The largest absolute Gasteiger partial charge is 0.462 e. The Bertz CT molecular complexity index is 644. The fourth-order valence-corrected chi connectivity index (χ4v) is 2.23. The number of hydrogen-bond acceptors (Lipinski definition) is 4. The van der Waals surface area contributed by atoms with E-state index in [1.807, 2.05) is 0 Å². The van der Waals surface area contributed by atoms with Crippen LogP contribution in [0, 0.1) is 0 Å². The van der Waals surface area contributed by atoms with Gasteiger partial charge in [0.25, 0.3) is 0 Å². The molecule has 5 nitrogen and oxygen atoms in total. The van der Waals surface area contributed by atoms with Crippen LogP contribution >= 0.6 is 0 Å². The van der Waals surface area contributed by atoms with E-state index in [1.54, 1.807) is 54.3 Å². The number of halogens is 2. The molecule has 0 saturated carbocycles. The predicted octanol–water partition coefficient (Wildman–Crippen LogP) is 2.45. The number of ether oxygens (including phenoxy) is 1. The molecule has 23 heavy (non-hydrogen) atoms. The molecule has 1 heterocycles. The van der Waals surface area contributed by atoms with Crippen LogP contribution in [0.2, 0.25) is 0 Å². The monoisotopic (exact) mass is 323 g/mol. The maximum absolute atomic E-state index is 14.5. The van der Waals surface area contributed by atoms with E-state index in [1.165, 1.54) is 6.92 Å². The molecule has 1 aromatic heterocycles. The summed E-state index contributed by atoms with van der Waals surface area (Å²) in [7, 11) is 1.72. The van der Waals surface area contributed by atoms with Gasteiger partial charge in [0.05, 0.1) is 12.3 Å². The summed E-state index contributed by atoms with van der Waals surface area (Å²) in [5.74, 6) is -5.22. The van der Waals surface area contributed by atoms with Crippen LogP contribution in [0.3, 0.4) is 0 Å². The molecular weight excluding hydrogens is 304 g/mol. The highest BCUT2D eigenvalue weighted by molar-refractivity contribution is 5.79. The van der Waals surface area contributed by atoms with E-state index >= 15 is 0 Å². The molecule has 2 rings (SSSR count). The maximum Gasteiger partial charge on any atom is 0.379 e. The number of benzene rings is 1. The third-order valence-corrected chi connectivity index (χ3v) is 3.45. The summed E-state index contributed by atoms with van der Waals surface area (Å²) in [6.45, 7) is 1.54. The van der Waals surface area contributed by atoms with Crippen LogP contribution in [0.5, 0.6) is 0 Å². The highest BCUT2D eigenvalue weighted by atomic mass is 19.3. The minimum atomic E-state index is -3.68. The van der Waals surface area contributed by atoms with Gasteiger partial charge in [0.15, 0.2) is 0 Å². The fourth-order valence-electron chi connectivity index (χ4n) is 2.23. The normalized spacial score (nSPS) is 12.9. The lowest BCUT2D eigenvalue weighted by atomic mass is 10.00. The van der Waals surface area contributed by atoms with Crippen molar-refractivity contribution in [1.82, 2.24) is 15.1 Å². The number of alkyl halides is 2. The van der Waals surface area contributed by atoms with E-state index in [2.05, 4.69) is 15.2 Å². The van der Waals surface area contributed by atoms with Gasteiger partial charge in [-0.05, 0) is 18.6 Å². The summed E-state index contributed by atoms with van der Waals surface area (Å²) in [6.07, 6.45) is 1.58. The van der Waals surface area contributed by atoms with Crippen LogP contribution in [0.15, 0.2) is 42.6 Å². The number of esters is 1. The lowest BCUT2D eigenvalue weighted by Gasteiger charge is -2.26.